The predicted octanol–water partition coefficient (Wildman–Crippen LogP) is 5.24. The molecule has 31 heavy (non-hydrogen) atoms. The first kappa shape index (κ1) is 20.5. The van der Waals surface area contributed by atoms with Crippen LogP contribution in [-0.4, -0.2) is 33.3 Å². The second kappa shape index (κ2) is 7.95. The number of fused-ring (bicyclic) bond motifs is 1. The van der Waals surface area contributed by atoms with Crippen molar-refractivity contribution in [2.45, 2.75) is 49.7 Å². The van der Waals surface area contributed by atoms with Crippen LogP contribution in [0.4, 0.5) is 5.69 Å². The molecule has 2 aromatic heterocycles. The fourth-order valence-corrected chi connectivity index (χ4v) is 5.93. The van der Waals surface area contributed by atoms with E-state index in [1.807, 2.05) is 19.2 Å². The van der Waals surface area contributed by atoms with Crippen LogP contribution in [0.3, 0.4) is 0 Å². The zero-order chi connectivity index (χ0) is 21.6. The van der Waals surface area contributed by atoms with Gasteiger partial charge in [-0.1, -0.05) is 49.9 Å². The summed E-state index contributed by atoms with van der Waals surface area (Å²) in [5.74, 6) is 1.48. The number of thioether (sulfide) groups is 1. The predicted molar refractivity (Wildman–Crippen MR) is 127 cm³/mol. The number of anilines is 1. The highest BCUT2D eigenvalue weighted by atomic mass is 32.2. The summed E-state index contributed by atoms with van der Waals surface area (Å²) in [4.78, 5) is 16.4. The fourth-order valence-electron chi connectivity index (χ4n) is 4.38. The van der Waals surface area contributed by atoms with E-state index in [0.717, 1.165) is 35.9 Å². The third-order valence-electron chi connectivity index (χ3n) is 6.14. The summed E-state index contributed by atoms with van der Waals surface area (Å²) in [6.07, 6.45) is 4.95. The van der Waals surface area contributed by atoms with Crippen LogP contribution in [0.25, 0.3) is 0 Å². The molecule has 160 valence electrons. The summed E-state index contributed by atoms with van der Waals surface area (Å²) in [5.41, 5.74) is 3.29. The Labute approximate surface area is 191 Å². The number of carbonyl (C=O) groups is 1. The Hall–Kier alpha value is -2.38. The average Bonchev–Trinajstić information content (AvgIpc) is 3.24. The summed E-state index contributed by atoms with van der Waals surface area (Å²) in [7, 11) is 2.04. The molecule has 2 aliphatic rings. The lowest BCUT2D eigenvalue weighted by Crippen LogP contribution is -2.24. The van der Waals surface area contributed by atoms with Gasteiger partial charge in [-0.15, -0.1) is 21.5 Å². The number of hydrogen-bond acceptors (Lipinski definition) is 6. The third-order valence-corrected chi connectivity index (χ3v) is 7.98. The van der Waals surface area contributed by atoms with E-state index in [1.165, 1.54) is 27.9 Å². The van der Waals surface area contributed by atoms with Gasteiger partial charge in [-0.3, -0.25) is 4.79 Å². The molecular formula is C24H26N4OS2. The van der Waals surface area contributed by atoms with Crippen LogP contribution < -0.4 is 4.90 Å². The van der Waals surface area contributed by atoms with Crippen LogP contribution in [0.2, 0.25) is 0 Å². The minimum Gasteiger partial charge on any atom is -0.347 e. The minimum atomic E-state index is -0.187. The van der Waals surface area contributed by atoms with Crippen molar-refractivity contribution in [2.24, 2.45) is 0 Å². The van der Waals surface area contributed by atoms with Crippen LogP contribution in [-0.2, 0) is 16.6 Å². The molecule has 0 spiro atoms. The monoisotopic (exact) mass is 450 g/mol. The number of para-hydroxylation sites is 1. The zero-order valence-electron chi connectivity index (χ0n) is 18.0. The number of ketones is 1. The summed E-state index contributed by atoms with van der Waals surface area (Å²) in [6, 6.07) is 13.1. The topological polar surface area (TPSA) is 51.0 Å². The number of allylic oxidation sites excluding steroid dienone is 2. The van der Waals surface area contributed by atoms with Gasteiger partial charge in [0.05, 0.1) is 5.75 Å². The first-order valence-corrected chi connectivity index (χ1v) is 12.5. The van der Waals surface area contributed by atoms with Crippen LogP contribution in [0, 0.1) is 0 Å². The van der Waals surface area contributed by atoms with E-state index >= 15 is 0 Å². The summed E-state index contributed by atoms with van der Waals surface area (Å²) in [6.45, 7) is 4.37. The maximum atomic E-state index is 12.9. The minimum absolute atomic E-state index is 0.109. The highest BCUT2D eigenvalue weighted by Gasteiger charge is 2.38. The fraction of sp³-hybridized carbons (Fsp3) is 0.375. The number of aromatic nitrogens is 3. The second-order valence-electron chi connectivity index (χ2n) is 8.74. The van der Waals surface area contributed by atoms with E-state index in [2.05, 4.69) is 69.2 Å². The summed E-state index contributed by atoms with van der Waals surface area (Å²) >= 11 is 3.25. The van der Waals surface area contributed by atoms with Crippen LogP contribution in [0.15, 0.2) is 58.7 Å². The van der Waals surface area contributed by atoms with Gasteiger partial charge in [0.1, 0.15) is 5.82 Å². The molecule has 3 aromatic rings. The summed E-state index contributed by atoms with van der Waals surface area (Å²) < 4.78 is 2.26. The highest BCUT2D eigenvalue weighted by Crippen LogP contribution is 2.46. The van der Waals surface area contributed by atoms with E-state index in [1.54, 1.807) is 11.3 Å². The number of thiophene rings is 1. The van der Waals surface area contributed by atoms with Gasteiger partial charge >= 0.3 is 0 Å². The lowest BCUT2D eigenvalue weighted by Gasteiger charge is -2.23. The molecule has 0 atom stereocenters. The molecule has 1 aliphatic heterocycles. The highest BCUT2D eigenvalue weighted by molar-refractivity contribution is 7.99. The number of benzene rings is 1. The van der Waals surface area contributed by atoms with Crippen molar-refractivity contribution >= 4 is 34.6 Å². The van der Waals surface area contributed by atoms with Crippen LogP contribution in [0.5, 0.6) is 0 Å². The zero-order valence-corrected chi connectivity index (χ0v) is 19.7. The lowest BCUT2D eigenvalue weighted by molar-refractivity contribution is -0.112. The van der Waals surface area contributed by atoms with Gasteiger partial charge in [-0.25, -0.2) is 0 Å². The number of nitrogens with zero attached hydrogens (tertiary/aromatic N) is 4. The van der Waals surface area contributed by atoms with E-state index in [0.29, 0.717) is 11.8 Å². The smallest absolute Gasteiger partial charge is 0.191 e. The molecule has 5 rings (SSSR count). The molecule has 5 nitrogen and oxygen atoms in total. The first-order chi connectivity index (χ1) is 14.9. The van der Waals surface area contributed by atoms with Gasteiger partial charge in [0.2, 0.25) is 0 Å². The maximum Gasteiger partial charge on any atom is 0.191 e. The molecule has 1 aliphatic carbocycles. The molecule has 0 unspecified atom stereocenters. The number of likely N-dealkylation sites (N-methyl/N-ethyl adjacent to an activating group) is 1. The Morgan fingerprint density at radius 1 is 1.23 bits per heavy atom. The van der Waals surface area contributed by atoms with Crippen LogP contribution in [0.1, 0.15) is 49.0 Å². The Morgan fingerprint density at radius 3 is 2.74 bits per heavy atom. The molecule has 1 fully saturated rings. The van der Waals surface area contributed by atoms with Crippen molar-refractivity contribution in [3.8, 4) is 0 Å². The maximum absolute atomic E-state index is 12.9. The quantitative estimate of drug-likeness (QED) is 0.364. The molecule has 0 N–H and O–H groups in total. The molecule has 0 bridgehead atoms. The van der Waals surface area contributed by atoms with Crippen molar-refractivity contribution in [1.82, 2.24) is 14.8 Å². The van der Waals surface area contributed by atoms with Crippen molar-refractivity contribution in [3.63, 3.8) is 0 Å². The standard InChI is InChI=1S/C24H26N4OS2/c1-24(2)19-8-4-5-9-20(19)27(3)21(24)13-17(29)15-31-23-26-25-22(28(23)16-10-11-16)14-18-7-6-12-30-18/h4-9,12-13,16H,10-11,14-15H2,1-3H3/b21-13-. The van der Waals surface area contributed by atoms with Gasteiger partial charge in [-0.2, -0.15) is 0 Å². The Morgan fingerprint density at radius 2 is 2.03 bits per heavy atom. The Balaban J connectivity index is 1.32. The third kappa shape index (κ3) is 3.85. The van der Waals surface area contributed by atoms with E-state index < -0.39 is 0 Å². The van der Waals surface area contributed by atoms with Gasteiger partial charge in [0, 0.05) is 47.3 Å². The van der Waals surface area contributed by atoms with E-state index in [9.17, 15) is 4.79 Å². The molecule has 7 heteroatoms. The van der Waals surface area contributed by atoms with Gasteiger partial charge in [-0.05, 0) is 35.9 Å². The van der Waals surface area contributed by atoms with Crippen molar-refractivity contribution in [3.05, 3.63) is 69.8 Å². The van der Waals surface area contributed by atoms with Crippen molar-refractivity contribution in [1.29, 1.82) is 0 Å². The number of carbonyl (C=O) groups excluding carboxylic acids is 1. The molecule has 0 radical (unpaired) electrons. The normalized spacial score (nSPS) is 18.5. The lowest BCUT2D eigenvalue weighted by atomic mass is 9.83. The van der Waals surface area contributed by atoms with Crippen LogP contribution >= 0.6 is 23.1 Å². The largest absolute Gasteiger partial charge is 0.347 e. The van der Waals surface area contributed by atoms with E-state index in [-0.39, 0.29) is 11.2 Å². The Kier molecular flexibility index (Phi) is 5.26. The molecule has 0 amide bonds. The number of hydrogen-bond donors (Lipinski definition) is 0. The molecule has 0 saturated heterocycles. The number of rotatable bonds is 7. The second-order valence-corrected chi connectivity index (χ2v) is 10.7. The van der Waals surface area contributed by atoms with Crippen molar-refractivity contribution < 1.29 is 4.79 Å². The van der Waals surface area contributed by atoms with E-state index in [4.69, 9.17) is 0 Å². The molecule has 1 aromatic carbocycles. The van der Waals surface area contributed by atoms with Gasteiger partial charge in [0.15, 0.2) is 10.9 Å². The van der Waals surface area contributed by atoms with Gasteiger partial charge in [0.25, 0.3) is 0 Å². The molecule has 1 saturated carbocycles. The first-order valence-electron chi connectivity index (χ1n) is 10.6. The SMILES string of the molecule is CN1/C(=C\C(=O)CSc2nnc(Cc3cccs3)n2C2CC2)C(C)(C)c2ccccc21. The molecular weight excluding hydrogens is 424 g/mol. The summed E-state index contributed by atoms with van der Waals surface area (Å²) in [5, 5.41) is 11.9. The molecule has 3 heterocycles. The Bertz CT molecular complexity index is 1140. The van der Waals surface area contributed by atoms with Crippen molar-refractivity contribution in [2.75, 3.05) is 17.7 Å². The van der Waals surface area contributed by atoms with Gasteiger partial charge < -0.3 is 9.47 Å². The average molecular weight is 451 g/mol.